The maximum Gasteiger partial charge on any atom is 0.252 e. The molecule has 0 aliphatic heterocycles. The molecule has 1 aromatic heterocycles. The molecule has 3 nitrogen and oxygen atoms in total. The number of hydrogen-bond acceptors (Lipinski definition) is 2. The SMILES string of the molecule is CCOC[n+]1ccc(N(C)C)cc1. The lowest BCUT2D eigenvalue weighted by Gasteiger charge is -2.10. The van der Waals surface area contributed by atoms with Crippen LogP contribution in [0.2, 0.25) is 0 Å². The zero-order chi connectivity index (χ0) is 9.68. The third kappa shape index (κ3) is 3.03. The molecule has 72 valence electrons. The van der Waals surface area contributed by atoms with E-state index in [2.05, 4.69) is 17.0 Å². The Morgan fingerprint density at radius 1 is 1.31 bits per heavy atom. The average Bonchev–Trinajstić information content (AvgIpc) is 2.15. The standard InChI is InChI=1S/C10H17N2O/c1-4-13-9-12-7-5-10(6-8-12)11(2)3/h5-8H,4,9H2,1-3H3/q+1. The molecule has 0 aliphatic rings. The molecule has 3 heteroatoms. The van der Waals surface area contributed by atoms with E-state index in [1.807, 2.05) is 38.0 Å². The van der Waals surface area contributed by atoms with Crippen molar-refractivity contribution in [3.8, 4) is 0 Å². The van der Waals surface area contributed by atoms with E-state index < -0.39 is 0 Å². The molecule has 0 spiro atoms. The van der Waals surface area contributed by atoms with Crippen LogP contribution in [0.4, 0.5) is 5.69 Å². The predicted octanol–water partition coefficient (Wildman–Crippen LogP) is 1.03. The molecule has 0 fully saturated rings. The number of nitrogens with zero attached hydrogens (tertiary/aromatic N) is 2. The smallest absolute Gasteiger partial charge is 0.252 e. The summed E-state index contributed by atoms with van der Waals surface area (Å²) in [5.74, 6) is 0. The molecule has 0 atom stereocenters. The summed E-state index contributed by atoms with van der Waals surface area (Å²) in [5, 5.41) is 0. The van der Waals surface area contributed by atoms with Crippen LogP contribution in [0.3, 0.4) is 0 Å². The highest BCUT2D eigenvalue weighted by Gasteiger charge is 2.00. The van der Waals surface area contributed by atoms with Gasteiger partial charge in [0.25, 0.3) is 6.73 Å². The number of hydrogen-bond donors (Lipinski definition) is 0. The second-order valence-corrected chi connectivity index (χ2v) is 3.09. The first-order chi connectivity index (χ1) is 6.24. The molecular formula is C10H17N2O+. The maximum absolute atomic E-state index is 5.27. The zero-order valence-electron chi connectivity index (χ0n) is 8.53. The van der Waals surface area contributed by atoms with Crippen molar-refractivity contribution in [1.29, 1.82) is 0 Å². The van der Waals surface area contributed by atoms with E-state index >= 15 is 0 Å². The Labute approximate surface area is 79.6 Å². The van der Waals surface area contributed by atoms with Crippen molar-refractivity contribution in [1.82, 2.24) is 0 Å². The van der Waals surface area contributed by atoms with Gasteiger partial charge in [-0.15, -0.1) is 0 Å². The Morgan fingerprint density at radius 3 is 2.38 bits per heavy atom. The quantitative estimate of drug-likeness (QED) is 0.645. The summed E-state index contributed by atoms with van der Waals surface area (Å²) in [6, 6.07) is 4.14. The molecule has 0 saturated carbocycles. The fraction of sp³-hybridized carbons (Fsp3) is 0.500. The van der Waals surface area contributed by atoms with Crippen LogP contribution in [0, 0.1) is 0 Å². The first kappa shape index (κ1) is 9.99. The number of pyridine rings is 1. The monoisotopic (exact) mass is 181 g/mol. The van der Waals surface area contributed by atoms with Gasteiger partial charge in [-0.05, 0) is 6.92 Å². The van der Waals surface area contributed by atoms with Gasteiger partial charge in [0.15, 0.2) is 12.4 Å². The van der Waals surface area contributed by atoms with Gasteiger partial charge in [-0.1, -0.05) is 0 Å². The molecule has 0 radical (unpaired) electrons. The maximum atomic E-state index is 5.27. The van der Waals surface area contributed by atoms with Crippen LogP contribution in [0.5, 0.6) is 0 Å². The van der Waals surface area contributed by atoms with Gasteiger partial charge in [0.2, 0.25) is 0 Å². The third-order valence-electron chi connectivity index (χ3n) is 1.83. The summed E-state index contributed by atoms with van der Waals surface area (Å²) in [5.41, 5.74) is 1.20. The predicted molar refractivity (Wildman–Crippen MR) is 52.6 cm³/mol. The summed E-state index contributed by atoms with van der Waals surface area (Å²) < 4.78 is 7.28. The van der Waals surface area contributed by atoms with E-state index in [1.54, 1.807) is 0 Å². The summed E-state index contributed by atoms with van der Waals surface area (Å²) in [4.78, 5) is 2.07. The normalized spacial score (nSPS) is 10.1. The van der Waals surface area contributed by atoms with Gasteiger partial charge in [-0.3, -0.25) is 0 Å². The lowest BCUT2D eigenvalue weighted by atomic mass is 10.4. The summed E-state index contributed by atoms with van der Waals surface area (Å²) in [6.07, 6.45) is 4.04. The fourth-order valence-corrected chi connectivity index (χ4v) is 1.03. The topological polar surface area (TPSA) is 16.4 Å². The molecule has 0 aliphatic carbocycles. The molecule has 1 rings (SSSR count). The molecule has 0 unspecified atom stereocenters. The van der Waals surface area contributed by atoms with Crippen molar-refractivity contribution in [2.24, 2.45) is 0 Å². The molecule has 13 heavy (non-hydrogen) atoms. The van der Waals surface area contributed by atoms with Crippen LogP contribution >= 0.6 is 0 Å². The van der Waals surface area contributed by atoms with Crippen LogP contribution in [-0.2, 0) is 11.5 Å². The van der Waals surface area contributed by atoms with Gasteiger partial charge in [0.05, 0.1) is 6.61 Å². The first-order valence-corrected chi connectivity index (χ1v) is 4.48. The van der Waals surface area contributed by atoms with Crippen molar-refractivity contribution in [3.63, 3.8) is 0 Å². The van der Waals surface area contributed by atoms with Crippen LogP contribution in [-0.4, -0.2) is 20.7 Å². The van der Waals surface area contributed by atoms with Crippen molar-refractivity contribution >= 4 is 5.69 Å². The minimum Gasteiger partial charge on any atom is -0.377 e. The third-order valence-corrected chi connectivity index (χ3v) is 1.83. The Bertz CT molecular complexity index is 244. The van der Waals surface area contributed by atoms with Gasteiger partial charge in [0, 0.05) is 31.9 Å². The van der Waals surface area contributed by atoms with Gasteiger partial charge in [-0.2, -0.15) is 4.57 Å². The molecule has 0 aromatic carbocycles. The lowest BCUT2D eigenvalue weighted by molar-refractivity contribution is -0.732. The minimum atomic E-state index is 0.629. The Hall–Kier alpha value is -1.09. The Kier molecular flexibility index (Phi) is 3.71. The van der Waals surface area contributed by atoms with Gasteiger partial charge >= 0.3 is 0 Å². The molecule has 0 N–H and O–H groups in total. The minimum absolute atomic E-state index is 0.629. The number of anilines is 1. The molecular weight excluding hydrogens is 164 g/mol. The fourth-order valence-electron chi connectivity index (χ4n) is 1.03. The highest BCUT2D eigenvalue weighted by atomic mass is 16.5. The van der Waals surface area contributed by atoms with Gasteiger partial charge in [-0.25, -0.2) is 0 Å². The van der Waals surface area contributed by atoms with E-state index in [9.17, 15) is 0 Å². The second kappa shape index (κ2) is 4.82. The number of aromatic nitrogens is 1. The Morgan fingerprint density at radius 2 is 1.92 bits per heavy atom. The zero-order valence-corrected chi connectivity index (χ0v) is 8.53. The van der Waals surface area contributed by atoms with E-state index in [-0.39, 0.29) is 0 Å². The van der Waals surface area contributed by atoms with Crippen molar-refractivity contribution in [2.45, 2.75) is 13.7 Å². The first-order valence-electron chi connectivity index (χ1n) is 4.48. The van der Waals surface area contributed by atoms with Gasteiger partial charge < -0.3 is 9.64 Å². The largest absolute Gasteiger partial charge is 0.377 e. The summed E-state index contributed by atoms with van der Waals surface area (Å²) in [6.45, 7) is 3.38. The van der Waals surface area contributed by atoms with Crippen LogP contribution in [0.1, 0.15) is 6.92 Å². The molecule has 0 saturated heterocycles. The molecule has 0 bridgehead atoms. The highest BCUT2D eigenvalue weighted by Crippen LogP contribution is 2.05. The van der Waals surface area contributed by atoms with Crippen molar-refractivity contribution < 1.29 is 9.30 Å². The van der Waals surface area contributed by atoms with Crippen molar-refractivity contribution in [3.05, 3.63) is 24.5 Å². The number of ether oxygens (including phenoxy) is 1. The van der Waals surface area contributed by atoms with Crippen LogP contribution in [0.25, 0.3) is 0 Å². The van der Waals surface area contributed by atoms with Crippen molar-refractivity contribution in [2.75, 3.05) is 25.6 Å². The van der Waals surface area contributed by atoms with Gasteiger partial charge in [0.1, 0.15) is 0 Å². The van der Waals surface area contributed by atoms with E-state index in [1.165, 1.54) is 5.69 Å². The average molecular weight is 181 g/mol. The highest BCUT2D eigenvalue weighted by molar-refractivity contribution is 5.41. The summed E-state index contributed by atoms with van der Waals surface area (Å²) in [7, 11) is 4.06. The van der Waals surface area contributed by atoms with E-state index in [0.29, 0.717) is 6.73 Å². The lowest BCUT2D eigenvalue weighted by Crippen LogP contribution is -2.34. The van der Waals surface area contributed by atoms with E-state index in [0.717, 1.165) is 6.61 Å². The van der Waals surface area contributed by atoms with Crippen LogP contribution < -0.4 is 9.47 Å². The van der Waals surface area contributed by atoms with Crippen LogP contribution in [0.15, 0.2) is 24.5 Å². The summed E-state index contributed by atoms with van der Waals surface area (Å²) >= 11 is 0. The molecule has 0 amide bonds. The molecule has 1 aromatic rings. The number of rotatable bonds is 4. The van der Waals surface area contributed by atoms with E-state index in [4.69, 9.17) is 4.74 Å². The second-order valence-electron chi connectivity index (χ2n) is 3.09. The molecule has 1 heterocycles. The Balaban J connectivity index is 2.59.